The molecule has 0 aromatic carbocycles. The van der Waals surface area contributed by atoms with Crippen LogP contribution >= 0.6 is 0 Å². The third kappa shape index (κ3) is 7.70. The molecule has 33 heavy (non-hydrogen) atoms. The van der Waals surface area contributed by atoms with Gasteiger partial charge < -0.3 is 34.8 Å². The van der Waals surface area contributed by atoms with E-state index >= 15 is 0 Å². The fraction of sp³-hybridized carbons (Fsp3) is 0.800. The van der Waals surface area contributed by atoms with Crippen molar-refractivity contribution in [2.75, 3.05) is 107 Å². The maximum absolute atomic E-state index is 6.09. The van der Waals surface area contributed by atoms with Gasteiger partial charge in [0.15, 0.2) is 5.82 Å². The van der Waals surface area contributed by atoms with Gasteiger partial charge in [0.1, 0.15) is 0 Å². The van der Waals surface area contributed by atoms with Crippen molar-refractivity contribution in [3.05, 3.63) is 12.3 Å². The van der Waals surface area contributed by atoms with Crippen LogP contribution in [-0.2, 0) is 9.47 Å². The molecule has 2 saturated heterocycles. The van der Waals surface area contributed by atoms with Gasteiger partial charge in [0.2, 0.25) is 0 Å². The fourth-order valence-electron chi connectivity index (χ4n) is 5.16. The van der Waals surface area contributed by atoms with Crippen molar-refractivity contribution in [1.82, 2.24) is 14.8 Å². The number of hydrogen-bond donors (Lipinski definition) is 1. The molecule has 0 amide bonds. The van der Waals surface area contributed by atoms with Crippen molar-refractivity contribution < 1.29 is 9.47 Å². The number of hydrogen-bond acceptors (Lipinski definition) is 8. The molecule has 0 spiro atoms. The first kappa shape index (κ1) is 24.5. The van der Waals surface area contributed by atoms with Gasteiger partial charge in [-0.2, -0.15) is 0 Å². The van der Waals surface area contributed by atoms with E-state index in [-0.39, 0.29) is 0 Å². The number of nitrogen functional groups attached to an aromatic ring is 1. The van der Waals surface area contributed by atoms with Crippen molar-refractivity contribution in [3.63, 3.8) is 0 Å². The number of anilines is 3. The van der Waals surface area contributed by atoms with Gasteiger partial charge in [0, 0.05) is 39.3 Å². The first-order valence-corrected chi connectivity index (χ1v) is 13.2. The van der Waals surface area contributed by atoms with E-state index in [9.17, 15) is 0 Å². The van der Waals surface area contributed by atoms with Crippen molar-refractivity contribution in [1.29, 1.82) is 0 Å². The molecule has 0 aliphatic carbocycles. The number of pyridine rings is 1. The average Bonchev–Trinajstić information content (AvgIpc) is 2.85. The maximum Gasteiger partial charge on any atom is 0.152 e. The van der Waals surface area contributed by atoms with Gasteiger partial charge in [-0.25, -0.2) is 4.98 Å². The van der Waals surface area contributed by atoms with Gasteiger partial charge in [-0.15, -0.1) is 0 Å². The Bertz CT molecular complexity index is 693. The average molecular weight is 461 g/mol. The van der Waals surface area contributed by atoms with E-state index < -0.39 is 0 Å². The molecule has 2 fully saturated rings. The molecule has 8 heteroatoms. The lowest BCUT2D eigenvalue weighted by molar-refractivity contribution is 0.0992. The number of ether oxygens (including phenoxy) is 2. The molecule has 186 valence electrons. The molecule has 3 aliphatic heterocycles. The van der Waals surface area contributed by atoms with Crippen molar-refractivity contribution >= 4 is 17.2 Å². The van der Waals surface area contributed by atoms with E-state index in [0.717, 1.165) is 77.2 Å². The maximum atomic E-state index is 6.09. The number of aromatic nitrogens is 1. The summed E-state index contributed by atoms with van der Waals surface area (Å²) in [5.74, 6) is 1.02. The summed E-state index contributed by atoms with van der Waals surface area (Å²) in [6.07, 6.45) is 9.86. The summed E-state index contributed by atoms with van der Waals surface area (Å²) >= 11 is 0. The standard InChI is InChI=1S/C25H44N6O2/c26-23-21-24-25(27-22-23)31(16-20-33-18-14-29-9-5-2-6-10-29)12-11-30(24)15-19-32-17-13-28-7-3-1-4-8-28/h21-22H,1-20,26H2. The number of nitrogens with two attached hydrogens (primary N) is 1. The summed E-state index contributed by atoms with van der Waals surface area (Å²) in [6, 6.07) is 2.05. The quantitative estimate of drug-likeness (QED) is 0.477. The molecule has 3 aliphatic rings. The Morgan fingerprint density at radius 1 is 0.667 bits per heavy atom. The van der Waals surface area contributed by atoms with Gasteiger partial charge in [-0.05, 0) is 57.9 Å². The summed E-state index contributed by atoms with van der Waals surface area (Å²) < 4.78 is 12.0. The first-order chi connectivity index (χ1) is 16.3. The van der Waals surface area contributed by atoms with Gasteiger partial charge in [0.05, 0.1) is 44.0 Å². The van der Waals surface area contributed by atoms with Gasteiger partial charge in [-0.3, -0.25) is 0 Å². The number of piperidine rings is 2. The molecular formula is C25H44N6O2. The van der Waals surface area contributed by atoms with Crippen molar-refractivity contribution in [3.8, 4) is 0 Å². The Hall–Kier alpha value is -1.61. The van der Waals surface area contributed by atoms with Crippen LogP contribution in [0.25, 0.3) is 0 Å². The predicted molar refractivity (Wildman–Crippen MR) is 135 cm³/mol. The Labute approximate surface area is 200 Å². The second kappa shape index (κ2) is 13.3. The topological polar surface area (TPSA) is 70.3 Å². The minimum absolute atomic E-state index is 0.712. The highest BCUT2D eigenvalue weighted by molar-refractivity contribution is 5.72. The van der Waals surface area contributed by atoms with Gasteiger partial charge >= 0.3 is 0 Å². The second-order valence-electron chi connectivity index (χ2n) is 9.61. The first-order valence-electron chi connectivity index (χ1n) is 13.2. The summed E-state index contributed by atoms with van der Waals surface area (Å²) in [5, 5.41) is 0. The Morgan fingerprint density at radius 3 is 1.79 bits per heavy atom. The molecule has 2 N–H and O–H groups in total. The number of fused-ring (bicyclic) bond motifs is 1. The van der Waals surface area contributed by atoms with E-state index in [0.29, 0.717) is 5.69 Å². The van der Waals surface area contributed by atoms with Crippen molar-refractivity contribution in [2.45, 2.75) is 38.5 Å². The van der Waals surface area contributed by atoms with Crippen LogP contribution in [0.2, 0.25) is 0 Å². The fourth-order valence-corrected chi connectivity index (χ4v) is 5.16. The molecule has 1 aromatic heterocycles. The minimum Gasteiger partial charge on any atom is -0.397 e. The van der Waals surface area contributed by atoms with E-state index in [1.165, 1.54) is 64.7 Å². The summed E-state index contributed by atoms with van der Waals surface area (Å²) in [5.41, 5.74) is 7.92. The molecule has 0 bridgehead atoms. The van der Waals surface area contributed by atoms with Crippen LogP contribution in [0.5, 0.6) is 0 Å². The molecule has 0 atom stereocenters. The van der Waals surface area contributed by atoms with Crippen LogP contribution in [0.4, 0.5) is 17.2 Å². The van der Waals surface area contributed by atoms with E-state index in [4.69, 9.17) is 15.2 Å². The number of nitrogens with zero attached hydrogens (tertiary/aromatic N) is 5. The number of rotatable bonds is 12. The van der Waals surface area contributed by atoms with Crippen LogP contribution in [0.15, 0.2) is 12.3 Å². The van der Waals surface area contributed by atoms with Crippen LogP contribution in [0.1, 0.15) is 38.5 Å². The highest BCUT2D eigenvalue weighted by Gasteiger charge is 2.24. The lowest BCUT2D eigenvalue weighted by atomic mass is 10.1. The monoisotopic (exact) mass is 460 g/mol. The van der Waals surface area contributed by atoms with Gasteiger partial charge in [-0.1, -0.05) is 12.8 Å². The summed E-state index contributed by atoms with van der Waals surface area (Å²) in [7, 11) is 0. The number of likely N-dealkylation sites (tertiary alicyclic amines) is 2. The molecule has 4 heterocycles. The van der Waals surface area contributed by atoms with E-state index in [2.05, 4.69) is 30.6 Å². The SMILES string of the molecule is Nc1cnc2c(c1)N(CCOCCN1CCCCC1)CCN2CCOCCN1CCCCC1. The minimum atomic E-state index is 0.712. The smallest absolute Gasteiger partial charge is 0.152 e. The highest BCUT2D eigenvalue weighted by Crippen LogP contribution is 2.32. The highest BCUT2D eigenvalue weighted by atomic mass is 16.5. The summed E-state index contributed by atoms with van der Waals surface area (Å²) in [6.45, 7) is 13.8. The molecular weight excluding hydrogens is 416 g/mol. The van der Waals surface area contributed by atoms with Crippen LogP contribution < -0.4 is 15.5 Å². The Balaban J connectivity index is 1.18. The predicted octanol–water partition coefficient (Wildman–Crippen LogP) is 2.30. The molecule has 0 unspecified atom stereocenters. The molecule has 0 radical (unpaired) electrons. The molecule has 1 aromatic rings. The molecule has 0 saturated carbocycles. The van der Waals surface area contributed by atoms with Gasteiger partial charge in [0.25, 0.3) is 0 Å². The Kier molecular flexibility index (Phi) is 9.90. The Morgan fingerprint density at radius 2 is 1.18 bits per heavy atom. The third-order valence-electron chi connectivity index (χ3n) is 7.16. The summed E-state index contributed by atoms with van der Waals surface area (Å²) in [4.78, 5) is 14.4. The normalized spacial score (nSPS) is 20.2. The van der Waals surface area contributed by atoms with E-state index in [1.54, 1.807) is 6.20 Å². The largest absolute Gasteiger partial charge is 0.397 e. The molecule has 8 nitrogen and oxygen atoms in total. The van der Waals surface area contributed by atoms with Crippen LogP contribution in [0.3, 0.4) is 0 Å². The lowest BCUT2D eigenvalue weighted by Gasteiger charge is -2.38. The lowest BCUT2D eigenvalue weighted by Crippen LogP contribution is -2.44. The zero-order chi connectivity index (χ0) is 22.7. The van der Waals surface area contributed by atoms with Crippen LogP contribution in [-0.4, -0.2) is 107 Å². The zero-order valence-corrected chi connectivity index (χ0v) is 20.4. The van der Waals surface area contributed by atoms with Crippen molar-refractivity contribution in [2.24, 2.45) is 0 Å². The van der Waals surface area contributed by atoms with E-state index in [1.807, 2.05) is 0 Å². The molecule has 4 rings (SSSR count). The zero-order valence-electron chi connectivity index (χ0n) is 20.4. The second-order valence-corrected chi connectivity index (χ2v) is 9.61. The van der Waals surface area contributed by atoms with Crippen LogP contribution in [0, 0.1) is 0 Å². The third-order valence-corrected chi connectivity index (χ3v) is 7.16.